The van der Waals surface area contributed by atoms with E-state index in [0.717, 1.165) is 0 Å². The molecule has 6 heteroatoms. The quantitative estimate of drug-likeness (QED) is 0.835. The number of benzene rings is 1. The van der Waals surface area contributed by atoms with Crippen LogP contribution in [-0.4, -0.2) is 35.6 Å². The Kier molecular flexibility index (Phi) is 5.10. The van der Waals surface area contributed by atoms with Crippen molar-refractivity contribution in [1.82, 2.24) is 10.2 Å². The first-order chi connectivity index (χ1) is 8.49. The fourth-order valence-corrected chi connectivity index (χ4v) is 1.32. The van der Waals surface area contributed by atoms with Gasteiger partial charge in [0, 0.05) is 20.1 Å². The monoisotopic (exact) mass is 254 g/mol. The van der Waals surface area contributed by atoms with Gasteiger partial charge in [-0.3, -0.25) is 4.79 Å². The maximum Gasteiger partial charge on any atom is 0.317 e. The molecule has 0 aliphatic carbocycles. The molecule has 18 heavy (non-hydrogen) atoms. The lowest BCUT2D eigenvalue weighted by molar-refractivity contribution is -0.137. The van der Waals surface area contributed by atoms with Crippen LogP contribution in [0.2, 0.25) is 0 Å². The largest absolute Gasteiger partial charge is 0.481 e. The Morgan fingerprint density at radius 2 is 2.17 bits per heavy atom. The lowest BCUT2D eigenvalue weighted by atomic mass is 10.2. The van der Waals surface area contributed by atoms with Gasteiger partial charge in [0.1, 0.15) is 5.82 Å². The van der Waals surface area contributed by atoms with Crippen LogP contribution in [0, 0.1) is 5.82 Å². The van der Waals surface area contributed by atoms with Crippen LogP contribution in [0.4, 0.5) is 9.18 Å². The van der Waals surface area contributed by atoms with Gasteiger partial charge in [-0.15, -0.1) is 0 Å². The summed E-state index contributed by atoms with van der Waals surface area (Å²) in [7, 11) is 1.50. The number of halogens is 1. The van der Waals surface area contributed by atoms with Crippen molar-refractivity contribution in [2.45, 2.75) is 13.0 Å². The summed E-state index contributed by atoms with van der Waals surface area (Å²) in [6.45, 7) is 0.332. The summed E-state index contributed by atoms with van der Waals surface area (Å²) in [6, 6.07) is 5.52. The van der Waals surface area contributed by atoms with Crippen molar-refractivity contribution < 1.29 is 19.1 Å². The van der Waals surface area contributed by atoms with Gasteiger partial charge in [-0.25, -0.2) is 9.18 Å². The van der Waals surface area contributed by atoms with E-state index in [4.69, 9.17) is 5.11 Å². The Bertz CT molecular complexity index is 437. The van der Waals surface area contributed by atoms with Crippen molar-refractivity contribution in [2.24, 2.45) is 0 Å². The topological polar surface area (TPSA) is 69.6 Å². The van der Waals surface area contributed by atoms with Gasteiger partial charge in [0.25, 0.3) is 0 Å². The number of carbonyl (C=O) groups is 2. The zero-order chi connectivity index (χ0) is 13.5. The number of carbonyl (C=O) groups excluding carboxylic acids is 1. The summed E-state index contributed by atoms with van der Waals surface area (Å²) >= 11 is 0. The molecular weight excluding hydrogens is 239 g/mol. The Hall–Kier alpha value is -2.11. The minimum atomic E-state index is -0.959. The molecule has 1 aromatic rings. The van der Waals surface area contributed by atoms with Gasteiger partial charge in [0.2, 0.25) is 0 Å². The first-order valence-corrected chi connectivity index (χ1v) is 5.44. The van der Waals surface area contributed by atoms with Gasteiger partial charge in [-0.2, -0.15) is 0 Å². The third-order valence-electron chi connectivity index (χ3n) is 2.34. The predicted octanol–water partition coefficient (Wildman–Crippen LogP) is 1.44. The smallest absolute Gasteiger partial charge is 0.317 e. The summed E-state index contributed by atoms with van der Waals surface area (Å²) in [5.74, 6) is -1.32. The second kappa shape index (κ2) is 6.58. The van der Waals surface area contributed by atoms with Crippen molar-refractivity contribution in [3.8, 4) is 0 Å². The van der Waals surface area contributed by atoms with E-state index in [9.17, 15) is 14.0 Å². The van der Waals surface area contributed by atoms with Crippen LogP contribution >= 0.6 is 0 Å². The second-order valence-electron chi connectivity index (χ2n) is 3.85. The molecule has 1 aromatic carbocycles. The van der Waals surface area contributed by atoms with Crippen molar-refractivity contribution in [1.29, 1.82) is 0 Å². The standard InChI is InChI=1S/C12H15FN2O3/c1-15(6-5-11(16)17)12(18)14-8-9-3-2-4-10(13)7-9/h2-4,7H,5-6,8H2,1H3,(H,14,18)(H,16,17). The number of carboxylic acids is 1. The molecule has 0 spiro atoms. The molecule has 2 amide bonds. The van der Waals surface area contributed by atoms with Crippen LogP contribution in [0.15, 0.2) is 24.3 Å². The van der Waals surface area contributed by atoms with Gasteiger partial charge in [-0.1, -0.05) is 12.1 Å². The minimum absolute atomic E-state index is 0.107. The van der Waals surface area contributed by atoms with E-state index >= 15 is 0 Å². The number of urea groups is 1. The van der Waals surface area contributed by atoms with Crippen molar-refractivity contribution in [3.05, 3.63) is 35.6 Å². The summed E-state index contributed by atoms with van der Waals surface area (Å²) in [5.41, 5.74) is 0.648. The van der Waals surface area contributed by atoms with E-state index in [2.05, 4.69) is 5.32 Å². The maximum absolute atomic E-state index is 12.9. The lowest BCUT2D eigenvalue weighted by Gasteiger charge is -2.16. The lowest BCUT2D eigenvalue weighted by Crippen LogP contribution is -2.37. The van der Waals surface area contributed by atoms with E-state index in [1.165, 1.54) is 24.1 Å². The Morgan fingerprint density at radius 1 is 1.44 bits per heavy atom. The fraction of sp³-hybridized carbons (Fsp3) is 0.333. The summed E-state index contributed by atoms with van der Waals surface area (Å²) in [5, 5.41) is 11.1. The van der Waals surface area contributed by atoms with Crippen LogP contribution in [0.25, 0.3) is 0 Å². The van der Waals surface area contributed by atoms with E-state index in [-0.39, 0.29) is 31.4 Å². The van der Waals surface area contributed by atoms with E-state index in [1.54, 1.807) is 12.1 Å². The van der Waals surface area contributed by atoms with Crippen LogP contribution in [0.1, 0.15) is 12.0 Å². The van der Waals surface area contributed by atoms with Gasteiger partial charge in [0.05, 0.1) is 6.42 Å². The number of nitrogens with one attached hydrogen (secondary N) is 1. The number of rotatable bonds is 5. The zero-order valence-electron chi connectivity index (χ0n) is 10.0. The summed E-state index contributed by atoms with van der Waals surface area (Å²) < 4.78 is 12.9. The second-order valence-corrected chi connectivity index (χ2v) is 3.85. The molecule has 0 radical (unpaired) electrons. The maximum atomic E-state index is 12.9. The van der Waals surface area contributed by atoms with Gasteiger partial charge in [-0.05, 0) is 17.7 Å². The highest BCUT2D eigenvalue weighted by atomic mass is 19.1. The Morgan fingerprint density at radius 3 is 2.78 bits per heavy atom. The Balaban J connectivity index is 2.38. The minimum Gasteiger partial charge on any atom is -0.481 e. The van der Waals surface area contributed by atoms with Crippen LogP contribution in [-0.2, 0) is 11.3 Å². The molecule has 0 atom stereocenters. The van der Waals surface area contributed by atoms with Crippen LogP contribution < -0.4 is 5.32 Å². The van der Waals surface area contributed by atoms with E-state index in [0.29, 0.717) is 5.56 Å². The molecule has 0 saturated heterocycles. The third-order valence-corrected chi connectivity index (χ3v) is 2.34. The molecule has 98 valence electrons. The average Bonchev–Trinajstić information content (AvgIpc) is 2.33. The Labute approximate surface area is 104 Å². The summed E-state index contributed by atoms with van der Waals surface area (Å²) in [6.07, 6.45) is -0.107. The highest BCUT2D eigenvalue weighted by Crippen LogP contribution is 2.03. The number of amides is 2. The average molecular weight is 254 g/mol. The molecule has 1 rings (SSSR count). The first kappa shape index (κ1) is 14.0. The molecule has 5 nitrogen and oxygen atoms in total. The molecule has 2 N–H and O–H groups in total. The molecule has 0 bridgehead atoms. The van der Waals surface area contributed by atoms with Gasteiger partial charge < -0.3 is 15.3 Å². The molecule has 0 aliphatic heterocycles. The van der Waals surface area contributed by atoms with Gasteiger partial charge in [0.15, 0.2) is 0 Å². The van der Waals surface area contributed by atoms with Crippen LogP contribution in [0.3, 0.4) is 0 Å². The van der Waals surface area contributed by atoms with Crippen molar-refractivity contribution >= 4 is 12.0 Å². The normalized spacial score (nSPS) is 9.89. The molecule has 0 heterocycles. The number of nitrogens with zero attached hydrogens (tertiary/aromatic N) is 1. The fourth-order valence-electron chi connectivity index (χ4n) is 1.32. The van der Waals surface area contributed by atoms with Crippen molar-refractivity contribution in [3.63, 3.8) is 0 Å². The highest BCUT2D eigenvalue weighted by molar-refractivity contribution is 5.74. The number of carboxylic acid groups (broad SMARTS) is 1. The molecule has 0 fully saturated rings. The molecule has 0 saturated carbocycles. The number of hydrogen-bond donors (Lipinski definition) is 2. The molecule has 0 aromatic heterocycles. The SMILES string of the molecule is CN(CCC(=O)O)C(=O)NCc1cccc(F)c1. The van der Waals surface area contributed by atoms with E-state index < -0.39 is 5.97 Å². The predicted molar refractivity (Wildman–Crippen MR) is 63.5 cm³/mol. The van der Waals surface area contributed by atoms with Gasteiger partial charge >= 0.3 is 12.0 Å². The number of hydrogen-bond acceptors (Lipinski definition) is 2. The highest BCUT2D eigenvalue weighted by Gasteiger charge is 2.09. The number of aliphatic carboxylic acids is 1. The molecular formula is C12H15FN2O3. The van der Waals surface area contributed by atoms with Crippen LogP contribution in [0.5, 0.6) is 0 Å². The van der Waals surface area contributed by atoms with E-state index in [1.807, 2.05) is 0 Å². The molecule has 0 aliphatic rings. The molecule has 0 unspecified atom stereocenters. The first-order valence-electron chi connectivity index (χ1n) is 5.44. The summed E-state index contributed by atoms with van der Waals surface area (Å²) in [4.78, 5) is 23.2. The zero-order valence-corrected chi connectivity index (χ0v) is 10.0. The van der Waals surface area contributed by atoms with Crippen molar-refractivity contribution in [2.75, 3.05) is 13.6 Å². The third kappa shape index (κ3) is 4.82.